The summed E-state index contributed by atoms with van der Waals surface area (Å²) < 4.78 is 27.4. The zero-order chi connectivity index (χ0) is 17.0. The molecule has 0 aliphatic rings. The van der Waals surface area contributed by atoms with Gasteiger partial charge in [0.2, 0.25) is 0 Å². The smallest absolute Gasteiger partial charge is 0.0781 e. The second kappa shape index (κ2) is 13.2. The first-order chi connectivity index (χ1) is 10.3. The lowest BCUT2D eigenvalue weighted by molar-refractivity contribution is -0.0947. The number of methoxy groups -OCH3 is 1. The fourth-order valence-electron chi connectivity index (χ4n) is 1.63. The minimum absolute atomic E-state index is 0.00858. The second-order valence-corrected chi connectivity index (χ2v) is 5.88. The molecule has 0 saturated heterocycles. The Morgan fingerprint density at radius 2 is 0.909 bits per heavy atom. The molecule has 0 unspecified atom stereocenters. The standard InChI is InChI=1S/C16H34O6/c1-12(17)7-19-14(3)9-21-16(5)11-22-15(4)10-20-13(2)8-18-6/h12-17H,7-11H2,1-6H3/t12-,13-,14+,15-,16-/m1/s1. The molecule has 0 saturated carbocycles. The summed E-state index contributed by atoms with van der Waals surface area (Å²) in [5.74, 6) is 0. The Labute approximate surface area is 135 Å². The Bertz CT molecular complexity index is 249. The molecule has 0 aromatic heterocycles. The number of ether oxygens (including phenoxy) is 5. The highest BCUT2D eigenvalue weighted by Gasteiger charge is 2.11. The molecule has 6 nitrogen and oxygen atoms in total. The SMILES string of the molecule is COC[C@@H](C)OC[C@@H](C)OC[C@@H](C)OC[C@H](C)OC[C@@H](C)O. The fraction of sp³-hybridized carbons (Fsp3) is 1.00. The van der Waals surface area contributed by atoms with E-state index in [0.29, 0.717) is 33.0 Å². The zero-order valence-electron chi connectivity index (χ0n) is 14.9. The minimum Gasteiger partial charge on any atom is -0.391 e. The molecule has 6 heteroatoms. The van der Waals surface area contributed by atoms with Gasteiger partial charge in [0.05, 0.1) is 63.6 Å². The van der Waals surface area contributed by atoms with Gasteiger partial charge in [-0.3, -0.25) is 0 Å². The van der Waals surface area contributed by atoms with E-state index in [0.717, 1.165) is 0 Å². The summed E-state index contributed by atoms with van der Waals surface area (Å²) in [6.45, 7) is 11.9. The van der Waals surface area contributed by atoms with Crippen molar-refractivity contribution in [3.8, 4) is 0 Å². The van der Waals surface area contributed by atoms with Crippen LogP contribution < -0.4 is 0 Å². The molecule has 0 rings (SSSR count). The molecule has 0 aliphatic heterocycles. The number of hydrogen-bond acceptors (Lipinski definition) is 6. The van der Waals surface area contributed by atoms with Crippen molar-refractivity contribution in [1.82, 2.24) is 0 Å². The van der Waals surface area contributed by atoms with Gasteiger partial charge in [0.15, 0.2) is 0 Å². The van der Waals surface area contributed by atoms with E-state index in [-0.39, 0.29) is 24.4 Å². The molecule has 5 atom stereocenters. The van der Waals surface area contributed by atoms with Gasteiger partial charge in [0.1, 0.15) is 0 Å². The third-order valence-electron chi connectivity index (χ3n) is 2.87. The van der Waals surface area contributed by atoms with Gasteiger partial charge in [-0.25, -0.2) is 0 Å². The topological polar surface area (TPSA) is 66.4 Å². The normalized spacial score (nSPS) is 18.7. The number of aliphatic hydroxyl groups is 1. The van der Waals surface area contributed by atoms with E-state index in [1.54, 1.807) is 14.0 Å². The maximum absolute atomic E-state index is 9.14. The second-order valence-electron chi connectivity index (χ2n) is 5.88. The molecule has 0 aliphatic carbocycles. The summed E-state index contributed by atoms with van der Waals surface area (Å²) in [6, 6.07) is 0. The van der Waals surface area contributed by atoms with Crippen molar-refractivity contribution in [1.29, 1.82) is 0 Å². The molecular weight excluding hydrogens is 288 g/mol. The van der Waals surface area contributed by atoms with Crippen molar-refractivity contribution in [3.63, 3.8) is 0 Å². The fourth-order valence-corrected chi connectivity index (χ4v) is 1.63. The van der Waals surface area contributed by atoms with Crippen LogP contribution in [-0.4, -0.2) is 75.8 Å². The first kappa shape index (κ1) is 21.8. The van der Waals surface area contributed by atoms with E-state index in [2.05, 4.69) is 0 Å². The van der Waals surface area contributed by atoms with E-state index in [9.17, 15) is 0 Å². The van der Waals surface area contributed by atoms with Gasteiger partial charge >= 0.3 is 0 Å². The van der Waals surface area contributed by atoms with Crippen LogP contribution in [0, 0.1) is 0 Å². The lowest BCUT2D eigenvalue weighted by Gasteiger charge is -2.21. The number of rotatable bonds is 14. The Morgan fingerprint density at radius 1 is 0.591 bits per heavy atom. The summed E-state index contributed by atoms with van der Waals surface area (Å²) in [4.78, 5) is 0. The van der Waals surface area contributed by atoms with Crippen LogP contribution in [-0.2, 0) is 23.7 Å². The van der Waals surface area contributed by atoms with Crippen LogP contribution in [0.1, 0.15) is 34.6 Å². The van der Waals surface area contributed by atoms with Crippen molar-refractivity contribution in [2.75, 3.05) is 40.1 Å². The van der Waals surface area contributed by atoms with Gasteiger partial charge in [-0.2, -0.15) is 0 Å². The maximum atomic E-state index is 9.14. The Morgan fingerprint density at radius 3 is 1.23 bits per heavy atom. The summed E-state index contributed by atoms with van der Waals surface area (Å²) in [7, 11) is 1.66. The van der Waals surface area contributed by atoms with E-state index in [1.165, 1.54) is 0 Å². The van der Waals surface area contributed by atoms with Crippen LogP contribution in [0.4, 0.5) is 0 Å². The van der Waals surface area contributed by atoms with Crippen molar-refractivity contribution in [2.45, 2.75) is 65.1 Å². The monoisotopic (exact) mass is 322 g/mol. The lowest BCUT2D eigenvalue weighted by Crippen LogP contribution is -2.28. The molecule has 0 bridgehead atoms. The van der Waals surface area contributed by atoms with E-state index in [1.807, 2.05) is 27.7 Å². The molecule has 0 spiro atoms. The Balaban J connectivity index is 3.64. The van der Waals surface area contributed by atoms with Gasteiger partial charge in [-0.05, 0) is 34.6 Å². The van der Waals surface area contributed by atoms with E-state index in [4.69, 9.17) is 28.8 Å². The molecule has 134 valence electrons. The molecule has 1 N–H and O–H groups in total. The summed E-state index contributed by atoms with van der Waals surface area (Å²) >= 11 is 0. The van der Waals surface area contributed by atoms with Crippen LogP contribution >= 0.6 is 0 Å². The molecule has 0 amide bonds. The molecular formula is C16H34O6. The van der Waals surface area contributed by atoms with Crippen LogP contribution in [0.5, 0.6) is 0 Å². The minimum atomic E-state index is -0.454. The quantitative estimate of drug-likeness (QED) is 0.524. The first-order valence-corrected chi connectivity index (χ1v) is 7.98. The first-order valence-electron chi connectivity index (χ1n) is 7.98. The third kappa shape index (κ3) is 13.4. The van der Waals surface area contributed by atoms with E-state index >= 15 is 0 Å². The average Bonchev–Trinajstić information content (AvgIpc) is 2.46. The Kier molecular flexibility index (Phi) is 13.1. The highest BCUT2D eigenvalue weighted by molar-refractivity contribution is 4.57. The van der Waals surface area contributed by atoms with Crippen molar-refractivity contribution in [3.05, 3.63) is 0 Å². The molecule has 0 aromatic rings. The van der Waals surface area contributed by atoms with Crippen LogP contribution in [0.3, 0.4) is 0 Å². The van der Waals surface area contributed by atoms with Crippen LogP contribution in [0.2, 0.25) is 0 Å². The number of aliphatic hydroxyl groups excluding tert-OH is 1. The maximum Gasteiger partial charge on any atom is 0.0781 e. The van der Waals surface area contributed by atoms with E-state index < -0.39 is 6.10 Å². The van der Waals surface area contributed by atoms with Gasteiger partial charge in [-0.15, -0.1) is 0 Å². The van der Waals surface area contributed by atoms with Crippen molar-refractivity contribution < 1.29 is 28.8 Å². The summed E-state index contributed by atoms with van der Waals surface area (Å²) in [5.41, 5.74) is 0. The van der Waals surface area contributed by atoms with Gasteiger partial charge < -0.3 is 28.8 Å². The molecule has 0 aromatic carbocycles. The third-order valence-corrected chi connectivity index (χ3v) is 2.87. The van der Waals surface area contributed by atoms with Gasteiger partial charge in [-0.1, -0.05) is 0 Å². The molecule has 0 heterocycles. The predicted molar refractivity (Wildman–Crippen MR) is 85.2 cm³/mol. The van der Waals surface area contributed by atoms with Gasteiger partial charge in [0.25, 0.3) is 0 Å². The van der Waals surface area contributed by atoms with Gasteiger partial charge in [0, 0.05) is 7.11 Å². The highest BCUT2D eigenvalue weighted by Crippen LogP contribution is 2.02. The molecule has 22 heavy (non-hydrogen) atoms. The number of hydrogen-bond donors (Lipinski definition) is 1. The lowest BCUT2D eigenvalue weighted by atomic mass is 10.3. The highest BCUT2D eigenvalue weighted by atomic mass is 16.6. The zero-order valence-corrected chi connectivity index (χ0v) is 14.9. The molecule has 0 radical (unpaired) electrons. The summed E-state index contributed by atoms with van der Waals surface area (Å²) in [5, 5.41) is 9.14. The van der Waals surface area contributed by atoms with Crippen molar-refractivity contribution in [2.24, 2.45) is 0 Å². The van der Waals surface area contributed by atoms with Crippen LogP contribution in [0.15, 0.2) is 0 Å². The summed E-state index contributed by atoms with van der Waals surface area (Å²) in [6.07, 6.45) is -0.445. The Hall–Kier alpha value is -0.240. The predicted octanol–water partition coefficient (Wildman–Crippen LogP) is 1.63. The molecule has 0 fully saturated rings. The van der Waals surface area contributed by atoms with Crippen LogP contribution in [0.25, 0.3) is 0 Å². The average molecular weight is 322 g/mol. The van der Waals surface area contributed by atoms with Crippen molar-refractivity contribution >= 4 is 0 Å². The largest absolute Gasteiger partial charge is 0.391 e.